The molecule has 0 aliphatic rings. The van der Waals surface area contributed by atoms with Gasteiger partial charge in [-0.15, -0.1) is 0 Å². The Kier molecular flexibility index (Phi) is 7.17. The molecule has 0 atom stereocenters. The number of carbonyl (C=O) groups is 1. The van der Waals surface area contributed by atoms with Crippen LogP contribution >= 0.6 is 11.6 Å². The van der Waals surface area contributed by atoms with Crippen molar-refractivity contribution >= 4 is 17.5 Å². The second-order valence-corrected chi connectivity index (χ2v) is 7.49. The third-order valence-electron chi connectivity index (χ3n) is 5.03. The number of aryl methyl sites for hydroxylation is 2. The van der Waals surface area contributed by atoms with Crippen molar-refractivity contribution in [2.24, 2.45) is 0 Å². The van der Waals surface area contributed by atoms with Crippen LogP contribution in [-0.4, -0.2) is 43.8 Å². The first-order valence-corrected chi connectivity index (χ1v) is 10.1. The number of benzene rings is 2. The maximum atomic E-state index is 14.4. The molecule has 0 radical (unpaired) electrons. The molecular weight excluding hydrogens is 423 g/mol. The van der Waals surface area contributed by atoms with Crippen molar-refractivity contribution in [2.45, 2.75) is 19.8 Å². The van der Waals surface area contributed by atoms with Crippen molar-refractivity contribution < 1.29 is 23.2 Å². The van der Waals surface area contributed by atoms with Crippen LogP contribution in [-0.2, 0) is 6.42 Å². The van der Waals surface area contributed by atoms with E-state index in [-0.39, 0.29) is 27.8 Å². The molecule has 164 valence electrons. The summed E-state index contributed by atoms with van der Waals surface area (Å²) < 4.78 is 30.2. The van der Waals surface area contributed by atoms with Crippen molar-refractivity contribution in [2.75, 3.05) is 27.8 Å². The molecule has 31 heavy (non-hydrogen) atoms. The van der Waals surface area contributed by atoms with Crippen molar-refractivity contribution in [3.8, 4) is 22.8 Å². The minimum atomic E-state index is -0.564. The van der Waals surface area contributed by atoms with E-state index in [1.165, 1.54) is 12.1 Å². The Labute approximate surface area is 185 Å². The number of carbonyl (C=O) groups excluding carboxylic acids is 1. The second kappa shape index (κ2) is 9.83. The van der Waals surface area contributed by atoms with Gasteiger partial charge in [0, 0.05) is 13.6 Å². The van der Waals surface area contributed by atoms with Crippen LogP contribution in [0, 0.1) is 12.7 Å². The Morgan fingerprint density at radius 3 is 2.61 bits per heavy atom. The van der Waals surface area contributed by atoms with E-state index in [9.17, 15) is 9.18 Å². The van der Waals surface area contributed by atoms with Crippen LogP contribution in [0.4, 0.5) is 4.39 Å². The van der Waals surface area contributed by atoms with Gasteiger partial charge in [0.2, 0.25) is 0 Å². The van der Waals surface area contributed by atoms with Gasteiger partial charge in [-0.3, -0.25) is 4.79 Å². The summed E-state index contributed by atoms with van der Waals surface area (Å²) in [5, 5.41) is 4.07. The van der Waals surface area contributed by atoms with Gasteiger partial charge in [-0.05, 0) is 49.6 Å². The number of methoxy groups -OCH3 is 2. The molecule has 0 bridgehead atoms. The number of halogens is 2. The van der Waals surface area contributed by atoms with E-state index in [2.05, 4.69) is 5.16 Å². The summed E-state index contributed by atoms with van der Waals surface area (Å²) in [5.41, 5.74) is 1.44. The Morgan fingerprint density at radius 2 is 1.94 bits per heavy atom. The van der Waals surface area contributed by atoms with Crippen LogP contribution in [0.5, 0.6) is 11.5 Å². The average Bonchev–Trinajstić information content (AvgIpc) is 3.13. The topological polar surface area (TPSA) is 64.8 Å². The number of hydrogen-bond donors (Lipinski definition) is 0. The number of nitrogens with zero attached hydrogens (tertiary/aromatic N) is 2. The molecule has 6 nitrogen and oxygen atoms in total. The van der Waals surface area contributed by atoms with Crippen LogP contribution in [0.25, 0.3) is 11.3 Å². The molecule has 0 saturated heterocycles. The average molecular weight is 447 g/mol. The van der Waals surface area contributed by atoms with Crippen molar-refractivity contribution in [1.29, 1.82) is 0 Å². The minimum absolute atomic E-state index is 0.0584. The van der Waals surface area contributed by atoms with Gasteiger partial charge in [0.05, 0.1) is 24.8 Å². The van der Waals surface area contributed by atoms with Gasteiger partial charge < -0.3 is 18.9 Å². The monoisotopic (exact) mass is 446 g/mol. The van der Waals surface area contributed by atoms with Gasteiger partial charge >= 0.3 is 0 Å². The van der Waals surface area contributed by atoms with Gasteiger partial charge in [-0.25, -0.2) is 4.39 Å². The zero-order valence-electron chi connectivity index (χ0n) is 17.9. The highest BCUT2D eigenvalue weighted by molar-refractivity contribution is 6.33. The molecule has 3 rings (SSSR count). The first-order valence-electron chi connectivity index (χ1n) is 9.74. The standard InChI is InChI=1S/C23H24ClFN2O4/c1-14-20(22(26-31-14)21-16(24)8-5-9-17(21)25)23(28)27(2)12-6-7-15-10-11-18(29-3)19(13-15)30-4/h5,8-11,13H,6-7,12H2,1-4H3. The largest absolute Gasteiger partial charge is 0.493 e. The lowest BCUT2D eigenvalue weighted by molar-refractivity contribution is 0.0792. The van der Waals surface area contributed by atoms with E-state index in [1.54, 1.807) is 39.2 Å². The maximum Gasteiger partial charge on any atom is 0.259 e. The lowest BCUT2D eigenvalue weighted by Gasteiger charge is -2.18. The number of aromatic nitrogens is 1. The van der Waals surface area contributed by atoms with Gasteiger partial charge in [0.15, 0.2) is 11.5 Å². The predicted molar refractivity (Wildman–Crippen MR) is 116 cm³/mol. The van der Waals surface area contributed by atoms with Crippen molar-refractivity contribution in [3.63, 3.8) is 0 Å². The quantitative estimate of drug-likeness (QED) is 0.478. The van der Waals surface area contributed by atoms with E-state index in [4.69, 9.17) is 25.6 Å². The molecule has 3 aromatic rings. The zero-order chi connectivity index (χ0) is 22.5. The summed E-state index contributed by atoms with van der Waals surface area (Å²) in [6, 6.07) is 10.1. The van der Waals surface area contributed by atoms with Crippen LogP contribution in [0.3, 0.4) is 0 Å². The van der Waals surface area contributed by atoms with E-state index in [1.807, 2.05) is 18.2 Å². The first-order chi connectivity index (χ1) is 14.9. The first kappa shape index (κ1) is 22.6. The fraction of sp³-hybridized carbons (Fsp3) is 0.304. The number of hydrogen-bond acceptors (Lipinski definition) is 5. The molecule has 1 heterocycles. The number of ether oxygens (including phenoxy) is 2. The van der Waals surface area contributed by atoms with Crippen LogP contribution in [0.15, 0.2) is 40.9 Å². The third-order valence-corrected chi connectivity index (χ3v) is 5.34. The van der Waals surface area contributed by atoms with Crippen LogP contribution < -0.4 is 9.47 Å². The molecule has 0 saturated carbocycles. The minimum Gasteiger partial charge on any atom is -0.493 e. The molecule has 1 aromatic heterocycles. The SMILES string of the molecule is COc1ccc(CCCN(C)C(=O)c2c(-c3c(F)cccc3Cl)noc2C)cc1OC. The predicted octanol–water partition coefficient (Wildman–Crippen LogP) is 5.16. The molecule has 0 unspecified atom stereocenters. The Morgan fingerprint density at radius 1 is 1.19 bits per heavy atom. The van der Waals surface area contributed by atoms with Gasteiger partial charge in [-0.2, -0.15) is 0 Å². The second-order valence-electron chi connectivity index (χ2n) is 7.08. The molecule has 0 spiro atoms. The van der Waals surface area contributed by atoms with Crippen molar-refractivity contribution in [3.05, 3.63) is 64.1 Å². The zero-order valence-corrected chi connectivity index (χ0v) is 18.6. The maximum absolute atomic E-state index is 14.4. The van der Waals surface area contributed by atoms with Gasteiger partial charge in [0.1, 0.15) is 22.8 Å². The highest BCUT2D eigenvalue weighted by Crippen LogP contribution is 2.34. The summed E-state index contributed by atoms with van der Waals surface area (Å²) in [4.78, 5) is 14.7. The number of rotatable bonds is 8. The molecule has 0 aliphatic carbocycles. The molecule has 8 heteroatoms. The van der Waals surface area contributed by atoms with Crippen molar-refractivity contribution in [1.82, 2.24) is 10.1 Å². The van der Waals surface area contributed by atoms with Gasteiger partial charge in [-0.1, -0.05) is 28.9 Å². The van der Waals surface area contributed by atoms with Gasteiger partial charge in [0.25, 0.3) is 5.91 Å². The highest BCUT2D eigenvalue weighted by atomic mass is 35.5. The lowest BCUT2D eigenvalue weighted by atomic mass is 10.0. The smallest absolute Gasteiger partial charge is 0.259 e. The lowest BCUT2D eigenvalue weighted by Crippen LogP contribution is -2.28. The normalized spacial score (nSPS) is 10.8. The van der Waals surface area contributed by atoms with E-state index >= 15 is 0 Å². The Balaban J connectivity index is 1.72. The Hall–Kier alpha value is -3.06. The number of amides is 1. The van der Waals surface area contributed by atoms with Crippen LogP contribution in [0.2, 0.25) is 5.02 Å². The summed E-state index contributed by atoms with van der Waals surface area (Å²) in [6.07, 6.45) is 1.46. The molecule has 2 aromatic carbocycles. The highest BCUT2D eigenvalue weighted by Gasteiger charge is 2.27. The molecule has 0 N–H and O–H groups in total. The molecular formula is C23H24ClFN2O4. The van der Waals surface area contributed by atoms with E-state index < -0.39 is 5.82 Å². The fourth-order valence-corrected chi connectivity index (χ4v) is 3.62. The summed E-state index contributed by atoms with van der Waals surface area (Å²) in [5.74, 6) is 0.772. The van der Waals surface area contributed by atoms with Crippen LogP contribution in [0.1, 0.15) is 28.1 Å². The van der Waals surface area contributed by atoms with E-state index in [0.717, 1.165) is 18.4 Å². The molecule has 0 fully saturated rings. The summed E-state index contributed by atoms with van der Waals surface area (Å²) >= 11 is 6.16. The third kappa shape index (κ3) is 4.82. The summed E-state index contributed by atoms with van der Waals surface area (Å²) in [7, 11) is 4.87. The Bertz CT molecular complexity index is 1060. The summed E-state index contributed by atoms with van der Waals surface area (Å²) in [6.45, 7) is 2.11. The van der Waals surface area contributed by atoms with E-state index in [0.29, 0.717) is 23.8 Å². The molecule has 0 aliphatic heterocycles. The molecule has 1 amide bonds. The fourth-order valence-electron chi connectivity index (χ4n) is 3.37.